The maximum Gasteiger partial charge on any atom is 0.190 e. The van der Waals surface area contributed by atoms with Crippen LogP contribution in [0.4, 0.5) is 0 Å². The van der Waals surface area contributed by atoms with Crippen LogP contribution in [0.15, 0.2) is 23.5 Å². The van der Waals surface area contributed by atoms with Gasteiger partial charge in [0.05, 0.1) is 5.39 Å². The Kier molecular flexibility index (Phi) is 2.33. The first-order valence-electron chi connectivity index (χ1n) is 3.63. The minimum Gasteiger partial charge on any atom is -0.236 e. The van der Waals surface area contributed by atoms with E-state index in [1.54, 1.807) is 6.20 Å². The molecule has 0 aromatic carbocycles. The quantitative estimate of drug-likeness (QED) is 0.413. The fraction of sp³-hybridized carbons (Fsp3) is 0.125. The highest BCUT2D eigenvalue weighted by Gasteiger charge is 2.04. The van der Waals surface area contributed by atoms with Gasteiger partial charge in [-0.2, -0.15) is 0 Å². The number of halogens is 1. The predicted octanol–water partition coefficient (Wildman–Crippen LogP) is 2.40. The van der Waals surface area contributed by atoms with E-state index in [4.69, 9.17) is 11.6 Å². The van der Waals surface area contributed by atoms with Crippen LogP contribution in [-0.4, -0.2) is 21.2 Å². The predicted molar refractivity (Wildman–Crippen MR) is 54.1 cm³/mol. The molecule has 66 valence electrons. The summed E-state index contributed by atoms with van der Waals surface area (Å²) in [6.07, 6.45) is 3.59. The van der Waals surface area contributed by atoms with Gasteiger partial charge < -0.3 is 0 Å². The largest absolute Gasteiger partial charge is 0.236 e. The van der Waals surface area contributed by atoms with Crippen molar-refractivity contribution in [2.45, 2.75) is 5.16 Å². The molecule has 0 N–H and O–H groups in total. The smallest absolute Gasteiger partial charge is 0.190 e. The molecule has 0 saturated heterocycles. The summed E-state index contributed by atoms with van der Waals surface area (Å²) in [5.41, 5.74) is 0.645. The summed E-state index contributed by atoms with van der Waals surface area (Å²) in [4.78, 5) is 12.4. The average Bonchev–Trinajstić information content (AvgIpc) is 2.18. The van der Waals surface area contributed by atoms with Crippen LogP contribution in [-0.2, 0) is 0 Å². The molecular formula is C8H6ClN3S. The summed E-state index contributed by atoms with van der Waals surface area (Å²) in [7, 11) is 0. The Bertz CT molecular complexity index is 446. The lowest BCUT2D eigenvalue weighted by Gasteiger charge is -1.99. The van der Waals surface area contributed by atoms with Gasteiger partial charge in [0.25, 0.3) is 0 Å². The molecule has 0 aliphatic rings. The molecule has 2 aromatic rings. The fourth-order valence-electron chi connectivity index (χ4n) is 0.998. The van der Waals surface area contributed by atoms with Crippen molar-refractivity contribution in [2.24, 2.45) is 0 Å². The highest BCUT2D eigenvalue weighted by Crippen LogP contribution is 2.21. The number of thioether (sulfide) groups is 1. The number of hydrogen-bond donors (Lipinski definition) is 0. The molecule has 0 fully saturated rings. The third-order valence-electron chi connectivity index (χ3n) is 1.59. The lowest BCUT2D eigenvalue weighted by Crippen LogP contribution is -1.90. The van der Waals surface area contributed by atoms with Crippen LogP contribution < -0.4 is 0 Å². The van der Waals surface area contributed by atoms with E-state index in [1.807, 2.05) is 18.4 Å². The normalized spacial score (nSPS) is 10.6. The van der Waals surface area contributed by atoms with E-state index in [0.717, 1.165) is 5.39 Å². The molecule has 0 amide bonds. The molecule has 0 aliphatic carbocycles. The molecule has 0 spiro atoms. The maximum atomic E-state index is 5.94. The summed E-state index contributed by atoms with van der Waals surface area (Å²) in [5, 5.41) is 1.90. The molecule has 2 aromatic heterocycles. The fourth-order valence-corrected chi connectivity index (χ4v) is 1.64. The van der Waals surface area contributed by atoms with Gasteiger partial charge in [-0.1, -0.05) is 23.4 Å². The Balaban J connectivity index is 2.77. The number of fused-ring (bicyclic) bond motifs is 1. The van der Waals surface area contributed by atoms with Crippen molar-refractivity contribution >= 4 is 34.4 Å². The van der Waals surface area contributed by atoms with Gasteiger partial charge in [-0.25, -0.2) is 15.0 Å². The van der Waals surface area contributed by atoms with Crippen molar-refractivity contribution in [1.82, 2.24) is 15.0 Å². The van der Waals surface area contributed by atoms with Crippen LogP contribution >= 0.6 is 23.4 Å². The van der Waals surface area contributed by atoms with Crippen molar-refractivity contribution in [2.75, 3.05) is 6.26 Å². The summed E-state index contributed by atoms with van der Waals surface area (Å²) >= 11 is 7.39. The minimum atomic E-state index is 0.461. The first-order chi connectivity index (χ1) is 6.31. The van der Waals surface area contributed by atoms with Gasteiger partial charge in [0.2, 0.25) is 0 Å². The molecule has 0 bridgehead atoms. The second-order valence-corrected chi connectivity index (χ2v) is 3.51. The Morgan fingerprint density at radius 1 is 1.38 bits per heavy atom. The SMILES string of the molecule is CSc1nc(Cl)c2cccnc2n1. The molecule has 2 heterocycles. The van der Waals surface area contributed by atoms with Gasteiger partial charge in [0.1, 0.15) is 5.15 Å². The molecule has 0 radical (unpaired) electrons. The number of aromatic nitrogens is 3. The zero-order chi connectivity index (χ0) is 9.26. The van der Waals surface area contributed by atoms with Gasteiger partial charge in [0.15, 0.2) is 10.8 Å². The van der Waals surface area contributed by atoms with Gasteiger partial charge in [-0.05, 0) is 18.4 Å². The summed E-state index contributed by atoms with van der Waals surface area (Å²) in [5.74, 6) is 0. The van der Waals surface area contributed by atoms with Crippen molar-refractivity contribution in [3.05, 3.63) is 23.5 Å². The summed E-state index contributed by atoms with van der Waals surface area (Å²) in [6.45, 7) is 0. The van der Waals surface area contributed by atoms with E-state index < -0.39 is 0 Å². The summed E-state index contributed by atoms with van der Waals surface area (Å²) in [6, 6.07) is 3.67. The first kappa shape index (κ1) is 8.72. The van der Waals surface area contributed by atoms with Crippen molar-refractivity contribution in [1.29, 1.82) is 0 Å². The van der Waals surface area contributed by atoms with Crippen LogP contribution in [0.25, 0.3) is 11.0 Å². The van der Waals surface area contributed by atoms with E-state index in [2.05, 4.69) is 15.0 Å². The molecule has 0 atom stereocenters. The van der Waals surface area contributed by atoms with Gasteiger partial charge in [-0.3, -0.25) is 0 Å². The molecule has 13 heavy (non-hydrogen) atoms. The van der Waals surface area contributed by atoms with E-state index in [0.29, 0.717) is 16.0 Å². The molecule has 0 aliphatic heterocycles. The monoisotopic (exact) mass is 211 g/mol. The Morgan fingerprint density at radius 3 is 3.00 bits per heavy atom. The zero-order valence-electron chi connectivity index (χ0n) is 6.86. The van der Waals surface area contributed by atoms with E-state index in [9.17, 15) is 0 Å². The third-order valence-corrected chi connectivity index (χ3v) is 2.42. The van der Waals surface area contributed by atoms with E-state index in [-0.39, 0.29) is 0 Å². The van der Waals surface area contributed by atoms with Crippen molar-refractivity contribution in [3.63, 3.8) is 0 Å². The zero-order valence-corrected chi connectivity index (χ0v) is 8.43. The van der Waals surface area contributed by atoms with Crippen LogP contribution in [0.3, 0.4) is 0 Å². The van der Waals surface area contributed by atoms with Crippen molar-refractivity contribution < 1.29 is 0 Å². The number of hydrogen-bond acceptors (Lipinski definition) is 4. The van der Waals surface area contributed by atoms with Crippen LogP contribution in [0.2, 0.25) is 5.15 Å². The second-order valence-electron chi connectivity index (χ2n) is 2.38. The average molecular weight is 212 g/mol. The Hall–Kier alpha value is -0.870. The second kappa shape index (κ2) is 3.47. The van der Waals surface area contributed by atoms with E-state index >= 15 is 0 Å². The molecule has 0 saturated carbocycles. The standard InChI is InChI=1S/C8H6ClN3S/c1-13-8-11-6(9)5-3-2-4-10-7(5)12-8/h2-4H,1H3. The van der Waals surface area contributed by atoms with Gasteiger partial charge in [0, 0.05) is 6.20 Å². The van der Waals surface area contributed by atoms with Crippen molar-refractivity contribution in [3.8, 4) is 0 Å². The summed E-state index contributed by atoms with van der Waals surface area (Å²) < 4.78 is 0. The molecule has 5 heteroatoms. The molecule has 2 rings (SSSR count). The van der Waals surface area contributed by atoms with Crippen LogP contribution in [0.1, 0.15) is 0 Å². The van der Waals surface area contributed by atoms with E-state index in [1.165, 1.54) is 11.8 Å². The Labute approximate surface area is 84.6 Å². The lowest BCUT2D eigenvalue weighted by molar-refractivity contribution is 0.992. The number of pyridine rings is 1. The molecule has 3 nitrogen and oxygen atoms in total. The van der Waals surface area contributed by atoms with Crippen LogP contribution in [0.5, 0.6) is 0 Å². The lowest BCUT2D eigenvalue weighted by atomic mass is 10.3. The topological polar surface area (TPSA) is 38.7 Å². The highest BCUT2D eigenvalue weighted by molar-refractivity contribution is 7.98. The maximum absolute atomic E-state index is 5.94. The first-order valence-corrected chi connectivity index (χ1v) is 5.24. The van der Waals surface area contributed by atoms with Gasteiger partial charge in [-0.15, -0.1) is 0 Å². The van der Waals surface area contributed by atoms with Crippen LogP contribution in [0, 0.1) is 0 Å². The minimum absolute atomic E-state index is 0.461. The molecular weight excluding hydrogens is 206 g/mol. The molecule has 0 unspecified atom stereocenters. The highest BCUT2D eigenvalue weighted by atomic mass is 35.5. The number of rotatable bonds is 1. The Morgan fingerprint density at radius 2 is 2.23 bits per heavy atom. The third kappa shape index (κ3) is 1.59. The number of nitrogens with zero attached hydrogens (tertiary/aromatic N) is 3. The van der Waals surface area contributed by atoms with Gasteiger partial charge >= 0.3 is 0 Å².